The van der Waals surface area contributed by atoms with E-state index >= 15 is 0 Å². The summed E-state index contributed by atoms with van der Waals surface area (Å²) in [5.41, 5.74) is 0.273. The fourth-order valence-electron chi connectivity index (χ4n) is 2.38. The summed E-state index contributed by atoms with van der Waals surface area (Å²) in [5, 5.41) is 9.35. The van der Waals surface area contributed by atoms with E-state index in [1.165, 1.54) is 18.2 Å². The number of sulfone groups is 1. The van der Waals surface area contributed by atoms with Gasteiger partial charge < -0.3 is 10.0 Å². The maximum atomic E-state index is 12.4. The number of nitrogens with zero attached hydrogens (tertiary/aromatic N) is 1. The van der Waals surface area contributed by atoms with Gasteiger partial charge in [0.15, 0.2) is 9.84 Å². The number of hydrogen-bond donors (Lipinski definition) is 1. The number of amides is 1. The third-order valence-corrected chi connectivity index (χ3v) is 5.00. The van der Waals surface area contributed by atoms with E-state index in [1.54, 1.807) is 4.90 Å². The van der Waals surface area contributed by atoms with Crippen molar-refractivity contribution in [2.24, 2.45) is 0 Å². The maximum Gasteiger partial charge on any atom is 0.254 e. The van der Waals surface area contributed by atoms with Crippen LogP contribution >= 0.6 is 11.6 Å². The van der Waals surface area contributed by atoms with Crippen LogP contribution < -0.4 is 0 Å². The largest absolute Gasteiger partial charge is 0.394 e. The molecule has 1 amide bonds. The molecule has 1 atom stereocenters. The first-order valence-electron chi connectivity index (χ1n) is 6.26. The van der Waals surface area contributed by atoms with Crippen LogP contribution in [0.4, 0.5) is 0 Å². The molecule has 1 unspecified atom stereocenters. The van der Waals surface area contributed by atoms with Crippen LogP contribution in [0.25, 0.3) is 0 Å². The summed E-state index contributed by atoms with van der Waals surface area (Å²) in [4.78, 5) is 13.9. The van der Waals surface area contributed by atoms with Gasteiger partial charge in [-0.05, 0) is 31.0 Å². The first-order valence-corrected chi connectivity index (χ1v) is 8.53. The minimum atomic E-state index is -3.48. The van der Waals surface area contributed by atoms with Gasteiger partial charge >= 0.3 is 0 Å². The zero-order valence-electron chi connectivity index (χ0n) is 11.0. The smallest absolute Gasteiger partial charge is 0.254 e. The lowest BCUT2D eigenvalue weighted by Gasteiger charge is -2.23. The Morgan fingerprint density at radius 1 is 1.50 bits per heavy atom. The number of hydrogen-bond acceptors (Lipinski definition) is 4. The van der Waals surface area contributed by atoms with E-state index in [4.69, 9.17) is 11.6 Å². The van der Waals surface area contributed by atoms with Crippen molar-refractivity contribution >= 4 is 27.3 Å². The van der Waals surface area contributed by atoms with Crippen LogP contribution in [0.15, 0.2) is 23.1 Å². The van der Waals surface area contributed by atoms with Crippen LogP contribution in [0, 0.1) is 0 Å². The average molecular weight is 318 g/mol. The second-order valence-corrected chi connectivity index (χ2v) is 7.29. The van der Waals surface area contributed by atoms with E-state index in [0.717, 1.165) is 19.1 Å². The van der Waals surface area contributed by atoms with E-state index < -0.39 is 9.84 Å². The van der Waals surface area contributed by atoms with Crippen LogP contribution in [0.1, 0.15) is 23.2 Å². The van der Waals surface area contributed by atoms with Gasteiger partial charge in [0.2, 0.25) is 0 Å². The molecule has 1 aromatic rings. The summed E-state index contributed by atoms with van der Waals surface area (Å²) in [5.74, 6) is -0.275. The Kier molecular flexibility index (Phi) is 4.36. The highest BCUT2D eigenvalue weighted by atomic mass is 35.5. The van der Waals surface area contributed by atoms with Crippen molar-refractivity contribution in [3.8, 4) is 0 Å². The van der Waals surface area contributed by atoms with Crippen molar-refractivity contribution in [1.82, 2.24) is 4.90 Å². The Morgan fingerprint density at radius 2 is 2.20 bits per heavy atom. The molecule has 0 saturated carbocycles. The summed E-state index contributed by atoms with van der Waals surface area (Å²) < 4.78 is 23.2. The van der Waals surface area contributed by atoms with E-state index in [1.807, 2.05) is 0 Å². The Bertz CT molecular complexity index is 629. The SMILES string of the molecule is CS(=O)(=O)c1cc(C(=O)N2CCCC2CO)ccc1Cl. The standard InChI is InChI=1S/C13H16ClNO4S/c1-20(18,19)12-7-9(4-5-11(12)14)13(17)15-6-2-3-10(15)8-16/h4-5,7,10,16H,2-3,6,8H2,1H3. The van der Waals surface area contributed by atoms with Crippen molar-refractivity contribution in [3.05, 3.63) is 28.8 Å². The molecule has 5 nitrogen and oxygen atoms in total. The fraction of sp³-hybridized carbons (Fsp3) is 0.462. The number of likely N-dealkylation sites (tertiary alicyclic amines) is 1. The minimum Gasteiger partial charge on any atom is -0.394 e. The van der Waals surface area contributed by atoms with Crippen LogP contribution in [0.2, 0.25) is 5.02 Å². The molecule has 1 aliphatic heterocycles. The van der Waals surface area contributed by atoms with Crippen LogP contribution in [0.5, 0.6) is 0 Å². The average Bonchev–Trinajstić information content (AvgIpc) is 2.85. The molecule has 1 aromatic carbocycles. The third-order valence-electron chi connectivity index (χ3n) is 3.43. The van der Waals surface area contributed by atoms with Crippen LogP contribution in [0.3, 0.4) is 0 Å². The van der Waals surface area contributed by atoms with Gasteiger partial charge in [0.05, 0.1) is 22.6 Å². The van der Waals surface area contributed by atoms with E-state index in [2.05, 4.69) is 0 Å². The zero-order valence-corrected chi connectivity index (χ0v) is 12.6. The van der Waals surface area contributed by atoms with E-state index in [0.29, 0.717) is 6.54 Å². The monoisotopic (exact) mass is 317 g/mol. The van der Waals surface area contributed by atoms with Crippen LogP contribution in [-0.4, -0.2) is 49.8 Å². The molecule has 1 fully saturated rings. The van der Waals surface area contributed by atoms with Gasteiger partial charge in [-0.3, -0.25) is 4.79 Å². The van der Waals surface area contributed by atoms with Gasteiger partial charge in [0.1, 0.15) is 0 Å². The Morgan fingerprint density at radius 3 is 2.80 bits per heavy atom. The zero-order chi connectivity index (χ0) is 14.9. The van der Waals surface area contributed by atoms with Gasteiger partial charge in [-0.2, -0.15) is 0 Å². The van der Waals surface area contributed by atoms with Crippen molar-refractivity contribution in [1.29, 1.82) is 0 Å². The lowest BCUT2D eigenvalue weighted by molar-refractivity contribution is 0.0677. The molecule has 1 aliphatic rings. The second kappa shape index (κ2) is 5.71. The summed E-state index contributed by atoms with van der Waals surface area (Å²) in [7, 11) is -3.48. The highest BCUT2D eigenvalue weighted by Gasteiger charge is 2.29. The first-order chi connectivity index (χ1) is 9.34. The van der Waals surface area contributed by atoms with Crippen molar-refractivity contribution in [2.45, 2.75) is 23.8 Å². The normalized spacial score (nSPS) is 19.4. The molecule has 0 bridgehead atoms. The van der Waals surface area contributed by atoms with E-state index in [-0.39, 0.29) is 34.0 Å². The topological polar surface area (TPSA) is 74.7 Å². The van der Waals surface area contributed by atoms with Gasteiger partial charge in [0, 0.05) is 18.4 Å². The molecule has 1 saturated heterocycles. The second-order valence-electron chi connectivity index (χ2n) is 4.89. The van der Waals surface area contributed by atoms with Crippen LogP contribution in [-0.2, 0) is 9.84 Å². The summed E-state index contributed by atoms with van der Waals surface area (Å²) >= 11 is 5.86. The molecule has 1 N–H and O–H groups in total. The molecule has 0 aliphatic carbocycles. The number of halogens is 1. The van der Waals surface area contributed by atoms with Gasteiger partial charge in [0.25, 0.3) is 5.91 Å². The lowest BCUT2D eigenvalue weighted by atomic mass is 10.1. The number of aliphatic hydroxyl groups excluding tert-OH is 1. The number of carbonyl (C=O) groups is 1. The minimum absolute atomic E-state index is 0.0511. The van der Waals surface area contributed by atoms with Crippen molar-refractivity contribution in [2.75, 3.05) is 19.4 Å². The number of rotatable bonds is 3. The fourth-order valence-corrected chi connectivity index (χ4v) is 3.68. The van der Waals surface area contributed by atoms with Gasteiger partial charge in [-0.15, -0.1) is 0 Å². The maximum absolute atomic E-state index is 12.4. The number of aliphatic hydroxyl groups is 1. The summed E-state index contributed by atoms with van der Waals surface area (Å²) in [6, 6.07) is 4.02. The number of benzene rings is 1. The number of carbonyl (C=O) groups excluding carboxylic acids is 1. The molecule has 7 heteroatoms. The lowest BCUT2D eigenvalue weighted by Crippen LogP contribution is -2.37. The van der Waals surface area contributed by atoms with Crippen molar-refractivity contribution < 1.29 is 18.3 Å². The Labute approximate surface area is 123 Å². The first kappa shape index (κ1) is 15.3. The van der Waals surface area contributed by atoms with Crippen molar-refractivity contribution in [3.63, 3.8) is 0 Å². The van der Waals surface area contributed by atoms with Gasteiger partial charge in [-0.25, -0.2) is 8.42 Å². The Balaban J connectivity index is 2.36. The third kappa shape index (κ3) is 2.97. The molecule has 0 aromatic heterocycles. The molecular weight excluding hydrogens is 302 g/mol. The molecule has 2 rings (SSSR count). The quantitative estimate of drug-likeness (QED) is 0.913. The predicted molar refractivity (Wildman–Crippen MR) is 75.7 cm³/mol. The van der Waals surface area contributed by atoms with Gasteiger partial charge in [-0.1, -0.05) is 11.6 Å². The predicted octanol–water partition coefficient (Wildman–Crippen LogP) is 1.34. The molecule has 110 valence electrons. The summed E-state index contributed by atoms with van der Waals surface area (Å²) in [6.45, 7) is 0.485. The summed E-state index contributed by atoms with van der Waals surface area (Å²) in [6.07, 6.45) is 2.65. The molecule has 0 spiro atoms. The van der Waals surface area contributed by atoms with E-state index in [9.17, 15) is 18.3 Å². The molecule has 20 heavy (non-hydrogen) atoms. The highest BCUT2D eigenvalue weighted by molar-refractivity contribution is 7.90. The molecule has 0 radical (unpaired) electrons. The molecule has 1 heterocycles. The Hall–Kier alpha value is -1.11. The molecular formula is C13H16ClNO4S. The highest BCUT2D eigenvalue weighted by Crippen LogP contribution is 2.25.